The zero-order valence-corrected chi connectivity index (χ0v) is 46.9. The van der Waals surface area contributed by atoms with Crippen LogP contribution in [0, 0.1) is 0 Å². The van der Waals surface area contributed by atoms with Crippen LogP contribution in [0.1, 0.15) is 184 Å². The van der Waals surface area contributed by atoms with Gasteiger partial charge in [-0.1, -0.05) is 104 Å². The second kappa shape index (κ2) is 26.0. The van der Waals surface area contributed by atoms with E-state index in [9.17, 15) is 19.2 Å². The maximum Gasteiger partial charge on any atom is 0.261 e. The van der Waals surface area contributed by atoms with Crippen LogP contribution in [-0.4, -0.2) is 86.2 Å². The van der Waals surface area contributed by atoms with Crippen molar-refractivity contribution in [3.05, 3.63) is 106 Å². The van der Waals surface area contributed by atoms with Crippen LogP contribution in [0.25, 0.3) is 43.1 Å². The molecule has 0 bridgehead atoms. The van der Waals surface area contributed by atoms with E-state index in [0.29, 0.717) is 133 Å². The Bertz CT molecular complexity index is 2890. The Labute approximate surface area is 459 Å². The predicted octanol–water partition coefficient (Wildman–Crippen LogP) is 15.3. The highest BCUT2D eigenvalue weighted by Crippen LogP contribution is 2.47. The van der Waals surface area contributed by atoms with Gasteiger partial charge in [-0.25, -0.2) is 0 Å². The molecule has 0 atom stereocenters. The molecule has 2 aliphatic rings. The normalized spacial score (nSPS) is 13.3. The minimum absolute atomic E-state index is 0.230. The predicted molar refractivity (Wildman–Crippen MR) is 310 cm³/mol. The number of carbonyl (C=O) groups is 4. The van der Waals surface area contributed by atoms with E-state index in [1.807, 2.05) is 72.8 Å². The van der Waals surface area contributed by atoms with E-state index < -0.39 is 0 Å². The average molecular weight is 1060 g/mol. The van der Waals surface area contributed by atoms with Crippen molar-refractivity contribution in [1.82, 2.24) is 9.80 Å². The van der Waals surface area contributed by atoms with Gasteiger partial charge in [-0.3, -0.25) is 29.0 Å². The number of nitrogens with zero attached hydrogens (tertiary/aromatic N) is 2. The summed E-state index contributed by atoms with van der Waals surface area (Å²) < 4.78 is 37.8. The molecule has 0 spiro atoms. The van der Waals surface area contributed by atoms with Gasteiger partial charge in [-0.15, -0.1) is 0 Å². The first-order valence-electron chi connectivity index (χ1n) is 29.2. The van der Waals surface area contributed by atoms with Gasteiger partial charge < -0.3 is 28.4 Å². The second-order valence-electron chi connectivity index (χ2n) is 20.9. The number of benzene rings is 7. The van der Waals surface area contributed by atoms with E-state index in [-0.39, 0.29) is 36.7 Å². The molecule has 2 aliphatic heterocycles. The minimum Gasteiger partial charge on any atom is -0.490 e. The Morgan fingerprint density at radius 1 is 0.321 bits per heavy atom. The van der Waals surface area contributed by atoms with E-state index in [0.717, 1.165) is 120 Å². The van der Waals surface area contributed by atoms with Crippen molar-refractivity contribution in [2.75, 3.05) is 52.7 Å². The van der Waals surface area contributed by atoms with Crippen molar-refractivity contribution in [3.63, 3.8) is 0 Å². The number of unbranched alkanes of at least 4 members (excludes halogenated alkanes) is 6. The SMILES string of the molecule is CCCCOc1cc(CCCN2C(=O)c3ccc4c5ccc6c7c(ccc(c8ccc(c3c48)C2=O)c75)C(=O)N(CCCc2cc(OCCCC)c(OCCCC)c(OCCCC)c2)C6=O)cc(OCCCC)c1OCCCC. The van der Waals surface area contributed by atoms with Crippen LogP contribution in [0.2, 0.25) is 0 Å². The number of ether oxygens (including phenoxy) is 6. The number of aryl methyl sites for hydroxylation is 2. The average Bonchev–Trinajstić information content (AvgIpc) is 3.51. The van der Waals surface area contributed by atoms with Crippen molar-refractivity contribution in [2.45, 2.75) is 144 Å². The zero-order chi connectivity index (χ0) is 54.7. The molecule has 412 valence electrons. The highest BCUT2D eigenvalue weighted by molar-refractivity contribution is 6.41. The lowest BCUT2D eigenvalue weighted by atomic mass is 9.82. The number of imide groups is 2. The van der Waals surface area contributed by atoms with Gasteiger partial charge in [0.05, 0.1) is 39.6 Å². The van der Waals surface area contributed by atoms with Crippen LogP contribution < -0.4 is 28.4 Å². The molecule has 0 saturated carbocycles. The van der Waals surface area contributed by atoms with Crippen molar-refractivity contribution in [1.29, 1.82) is 0 Å². The smallest absolute Gasteiger partial charge is 0.261 e. The van der Waals surface area contributed by atoms with E-state index in [1.54, 1.807) is 0 Å². The molecular formula is C66H78N2O10. The monoisotopic (exact) mass is 1060 g/mol. The van der Waals surface area contributed by atoms with Gasteiger partial charge in [0.2, 0.25) is 11.5 Å². The number of rotatable bonds is 32. The molecule has 0 N–H and O–H groups in total. The van der Waals surface area contributed by atoms with Gasteiger partial charge in [0, 0.05) is 46.1 Å². The maximum absolute atomic E-state index is 14.5. The molecule has 12 heteroatoms. The van der Waals surface area contributed by atoms with Gasteiger partial charge in [-0.05, 0) is 156 Å². The molecule has 78 heavy (non-hydrogen) atoms. The molecule has 7 aromatic rings. The Kier molecular flexibility index (Phi) is 18.6. The largest absolute Gasteiger partial charge is 0.490 e. The van der Waals surface area contributed by atoms with E-state index in [1.165, 1.54) is 9.80 Å². The van der Waals surface area contributed by atoms with Crippen molar-refractivity contribution < 1.29 is 47.6 Å². The molecule has 0 aromatic heterocycles. The van der Waals surface area contributed by atoms with Gasteiger partial charge in [-0.2, -0.15) is 0 Å². The quantitative estimate of drug-likeness (QED) is 0.0174. The van der Waals surface area contributed by atoms with Crippen LogP contribution in [-0.2, 0) is 12.8 Å². The Morgan fingerprint density at radius 3 is 0.833 bits per heavy atom. The second-order valence-corrected chi connectivity index (χ2v) is 20.9. The Balaban J connectivity index is 0.956. The first-order chi connectivity index (χ1) is 38.2. The lowest BCUT2D eigenvalue weighted by Crippen LogP contribution is -2.41. The van der Waals surface area contributed by atoms with E-state index in [2.05, 4.69) is 41.5 Å². The van der Waals surface area contributed by atoms with Gasteiger partial charge >= 0.3 is 0 Å². The molecule has 0 aliphatic carbocycles. The van der Waals surface area contributed by atoms with Crippen LogP contribution in [0.4, 0.5) is 0 Å². The summed E-state index contributed by atoms with van der Waals surface area (Å²) in [7, 11) is 0. The zero-order valence-electron chi connectivity index (χ0n) is 46.9. The van der Waals surface area contributed by atoms with Crippen molar-refractivity contribution in [3.8, 4) is 34.5 Å². The molecule has 12 nitrogen and oxygen atoms in total. The number of carbonyl (C=O) groups excluding carboxylic acids is 4. The van der Waals surface area contributed by atoms with Crippen molar-refractivity contribution >= 4 is 66.7 Å². The van der Waals surface area contributed by atoms with Crippen LogP contribution in [0.3, 0.4) is 0 Å². The molecular weight excluding hydrogens is 981 g/mol. The van der Waals surface area contributed by atoms with E-state index >= 15 is 0 Å². The molecule has 0 saturated heterocycles. The van der Waals surface area contributed by atoms with Gasteiger partial charge in [0.15, 0.2) is 23.0 Å². The number of amides is 4. The lowest BCUT2D eigenvalue weighted by Gasteiger charge is -2.30. The number of hydrogen-bond acceptors (Lipinski definition) is 10. The molecule has 7 aromatic carbocycles. The first kappa shape index (κ1) is 55.7. The summed E-state index contributed by atoms with van der Waals surface area (Å²) in [5.74, 6) is 2.59. The Morgan fingerprint density at radius 2 is 0.577 bits per heavy atom. The molecule has 0 unspecified atom stereocenters. The topological polar surface area (TPSA) is 130 Å². The summed E-state index contributed by atoms with van der Waals surface area (Å²) in [5, 5.41) is 6.32. The fourth-order valence-corrected chi connectivity index (χ4v) is 10.9. The van der Waals surface area contributed by atoms with E-state index in [4.69, 9.17) is 28.4 Å². The summed E-state index contributed by atoms with van der Waals surface area (Å²) >= 11 is 0. The molecule has 2 heterocycles. The minimum atomic E-state index is -0.328. The third kappa shape index (κ3) is 11.4. The van der Waals surface area contributed by atoms with Crippen molar-refractivity contribution in [2.24, 2.45) is 0 Å². The first-order valence-corrected chi connectivity index (χ1v) is 29.2. The fraction of sp³-hybridized carbons (Fsp3) is 0.455. The summed E-state index contributed by atoms with van der Waals surface area (Å²) in [5.41, 5.74) is 3.87. The lowest BCUT2D eigenvalue weighted by molar-refractivity contribution is 0.0593. The van der Waals surface area contributed by atoms with Gasteiger partial charge in [0.1, 0.15) is 0 Å². The maximum atomic E-state index is 14.5. The Hall–Kier alpha value is -7.08. The molecule has 0 radical (unpaired) electrons. The van der Waals surface area contributed by atoms with Crippen LogP contribution in [0.5, 0.6) is 34.5 Å². The molecule has 0 fully saturated rings. The number of fused-ring (bicyclic) bond motifs is 2. The molecule has 4 amide bonds. The third-order valence-corrected chi connectivity index (χ3v) is 15.2. The highest BCUT2D eigenvalue weighted by Gasteiger charge is 2.37. The standard InChI is InChI=1S/C66H78N2O10/c1-7-13-33-73-53-39-43(40-54(74-34-14-8-2)61(53)77-37-17-11-5)21-19-31-67-63(69)49-27-23-45-47-25-29-51-60-52(30-26-48(58(47)60)46-24-28-50(64(67)70)59(49)57(45)46)66(72)68(65(51)71)32-20-22-44-41-55(75-35-15-9-3)62(78-38-18-12-6)56(42-44)76-36-16-10-4/h23-30,39-42H,7-22,31-38H2,1-6H3. The number of hydrogen-bond donors (Lipinski definition) is 0. The summed E-state index contributed by atoms with van der Waals surface area (Å²) in [4.78, 5) is 60.9. The highest BCUT2D eigenvalue weighted by atomic mass is 16.5. The van der Waals surface area contributed by atoms with Crippen LogP contribution in [0.15, 0.2) is 72.8 Å². The molecule has 9 rings (SSSR count). The summed E-state index contributed by atoms with van der Waals surface area (Å²) in [6.45, 7) is 16.6. The summed E-state index contributed by atoms with van der Waals surface area (Å²) in [6.07, 6.45) is 13.7. The summed E-state index contributed by atoms with van der Waals surface area (Å²) in [6, 6.07) is 23.2. The van der Waals surface area contributed by atoms with Gasteiger partial charge in [0.25, 0.3) is 23.6 Å². The third-order valence-electron chi connectivity index (χ3n) is 15.2. The van der Waals surface area contributed by atoms with Crippen LogP contribution >= 0.6 is 0 Å². The fourth-order valence-electron chi connectivity index (χ4n) is 10.9.